The Morgan fingerprint density at radius 3 is 2.65 bits per heavy atom. The summed E-state index contributed by atoms with van der Waals surface area (Å²) in [5.74, 6) is 0.275. The maximum absolute atomic E-state index is 11.4. The molecule has 2 rings (SSSR count). The number of sulfone groups is 1. The third-order valence-electron chi connectivity index (χ3n) is 3.09. The van der Waals surface area contributed by atoms with Crippen LogP contribution in [-0.4, -0.2) is 19.9 Å². The third kappa shape index (κ3) is 2.94. The minimum absolute atomic E-state index is 0.0732. The van der Waals surface area contributed by atoms with Gasteiger partial charge in [0.25, 0.3) is 0 Å². The first-order valence-corrected chi connectivity index (χ1v) is 7.88. The molecule has 1 aromatic rings. The fourth-order valence-corrected chi connectivity index (χ4v) is 4.41. The summed E-state index contributed by atoms with van der Waals surface area (Å²) in [7, 11) is -2.93. The number of rotatable bonds is 2. The zero-order chi connectivity index (χ0) is 12.6. The molecule has 17 heavy (non-hydrogen) atoms. The number of nitrogens with two attached hydrogens (primary N) is 1. The molecule has 2 unspecified atom stereocenters. The molecule has 1 fully saturated rings. The van der Waals surface area contributed by atoms with Gasteiger partial charge in [0.15, 0.2) is 9.84 Å². The maximum atomic E-state index is 11.4. The van der Waals surface area contributed by atoms with E-state index in [2.05, 4.69) is 0 Å². The van der Waals surface area contributed by atoms with E-state index >= 15 is 0 Å². The van der Waals surface area contributed by atoms with E-state index in [4.69, 9.17) is 28.9 Å². The summed E-state index contributed by atoms with van der Waals surface area (Å²) in [6.45, 7) is 0. The number of halogens is 2. The molecule has 1 aromatic carbocycles. The highest BCUT2D eigenvalue weighted by Gasteiger charge is 2.33. The summed E-state index contributed by atoms with van der Waals surface area (Å²) in [5.41, 5.74) is 6.81. The van der Waals surface area contributed by atoms with E-state index in [1.807, 2.05) is 0 Å². The molecule has 6 heteroatoms. The first kappa shape index (κ1) is 13.1. The van der Waals surface area contributed by atoms with Crippen molar-refractivity contribution in [3.05, 3.63) is 33.8 Å². The van der Waals surface area contributed by atoms with Gasteiger partial charge in [-0.25, -0.2) is 8.42 Å². The summed E-state index contributed by atoms with van der Waals surface area (Å²) in [6, 6.07) is 4.70. The van der Waals surface area contributed by atoms with Crippen LogP contribution in [0.2, 0.25) is 10.0 Å². The quantitative estimate of drug-likeness (QED) is 0.911. The third-order valence-corrected chi connectivity index (χ3v) is 5.47. The van der Waals surface area contributed by atoms with Crippen molar-refractivity contribution in [3.8, 4) is 0 Å². The summed E-state index contributed by atoms with van der Waals surface area (Å²) in [5, 5.41) is 1.09. The van der Waals surface area contributed by atoms with Gasteiger partial charge < -0.3 is 5.73 Å². The summed E-state index contributed by atoms with van der Waals surface area (Å²) >= 11 is 11.9. The van der Waals surface area contributed by atoms with E-state index in [0.717, 1.165) is 5.56 Å². The van der Waals surface area contributed by atoms with Crippen molar-refractivity contribution in [1.82, 2.24) is 0 Å². The molecule has 1 saturated heterocycles. The van der Waals surface area contributed by atoms with Gasteiger partial charge in [0.2, 0.25) is 0 Å². The van der Waals surface area contributed by atoms with Crippen molar-refractivity contribution in [1.29, 1.82) is 0 Å². The summed E-state index contributed by atoms with van der Waals surface area (Å²) < 4.78 is 22.8. The van der Waals surface area contributed by atoms with E-state index in [1.54, 1.807) is 18.2 Å². The lowest BCUT2D eigenvalue weighted by Crippen LogP contribution is -2.22. The largest absolute Gasteiger partial charge is 0.324 e. The molecule has 94 valence electrons. The van der Waals surface area contributed by atoms with Crippen LogP contribution in [0.15, 0.2) is 18.2 Å². The second-order valence-electron chi connectivity index (χ2n) is 4.35. The Kier molecular flexibility index (Phi) is 3.69. The Hall–Kier alpha value is -0.290. The number of benzene rings is 1. The Morgan fingerprint density at radius 2 is 2.06 bits per heavy atom. The van der Waals surface area contributed by atoms with Crippen LogP contribution in [0.5, 0.6) is 0 Å². The van der Waals surface area contributed by atoms with Crippen LogP contribution >= 0.6 is 23.2 Å². The standard InChI is InChI=1S/C11H13Cl2NO2S/c12-8-1-2-10(13)9(5-8)11(14)7-3-4-17(15,16)6-7/h1-2,5,7,11H,3-4,6,14H2. The van der Waals surface area contributed by atoms with Gasteiger partial charge in [-0.1, -0.05) is 23.2 Å². The van der Waals surface area contributed by atoms with Gasteiger partial charge in [0, 0.05) is 16.1 Å². The van der Waals surface area contributed by atoms with Crippen molar-refractivity contribution in [2.24, 2.45) is 11.7 Å². The molecule has 0 aromatic heterocycles. The highest BCUT2D eigenvalue weighted by atomic mass is 35.5. The second-order valence-corrected chi connectivity index (χ2v) is 7.43. The molecule has 1 heterocycles. The molecular formula is C11H13Cl2NO2S. The highest BCUT2D eigenvalue weighted by molar-refractivity contribution is 7.91. The van der Waals surface area contributed by atoms with Crippen molar-refractivity contribution in [2.75, 3.05) is 11.5 Å². The van der Waals surface area contributed by atoms with Gasteiger partial charge in [-0.15, -0.1) is 0 Å². The zero-order valence-corrected chi connectivity index (χ0v) is 11.4. The maximum Gasteiger partial charge on any atom is 0.150 e. The van der Waals surface area contributed by atoms with Crippen LogP contribution in [0.3, 0.4) is 0 Å². The molecule has 3 nitrogen and oxygen atoms in total. The van der Waals surface area contributed by atoms with E-state index in [-0.39, 0.29) is 23.5 Å². The van der Waals surface area contributed by atoms with E-state index in [1.165, 1.54) is 0 Å². The Morgan fingerprint density at radius 1 is 1.35 bits per heavy atom. The summed E-state index contributed by atoms with van der Waals surface area (Å²) in [6.07, 6.45) is 0.590. The van der Waals surface area contributed by atoms with Gasteiger partial charge >= 0.3 is 0 Å². The zero-order valence-electron chi connectivity index (χ0n) is 9.07. The fraction of sp³-hybridized carbons (Fsp3) is 0.455. The van der Waals surface area contributed by atoms with Crippen LogP contribution in [0, 0.1) is 5.92 Å². The summed E-state index contributed by atoms with van der Waals surface area (Å²) in [4.78, 5) is 0. The smallest absolute Gasteiger partial charge is 0.150 e. The van der Waals surface area contributed by atoms with Gasteiger partial charge in [-0.2, -0.15) is 0 Å². The van der Waals surface area contributed by atoms with E-state index < -0.39 is 9.84 Å². The van der Waals surface area contributed by atoms with Gasteiger partial charge in [-0.3, -0.25) is 0 Å². The lowest BCUT2D eigenvalue weighted by atomic mass is 9.93. The topological polar surface area (TPSA) is 60.2 Å². The molecule has 0 spiro atoms. The Bertz CT molecular complexity index is 530. The predicted octanol–water partition coefficient (Wildman–Crippen LogP) is 2.43. The average molecular weight is 294 g/mol. The monoisotopic (exact) mass is 293 g/mol. The van der Waals surface area contributed by atoms with Crippen LogP contribution in [0.4, 0.5) is 0 Å². The molecule has 1 aliphatic rings. The Balaban J connectivity index is 2.26. The normalized spacial score (nSPS) is 24.8. The lowest BCUT2D eigenvalue weighted by Gasteiger charge is -2.19. The van der Waals surface area contributed by atoms with Gasteiger partial charge in [-0.05, 0) is 36.1 Å². The van der Waals surface area contributed by atoms with E-state index in [9.17, 15) is 8.42 Å². The second kappa shape index (κ2) is 4.76. The van der Waals surface area contributed by atoms with Crippen LogP contribution < -0.4 is 5.73 Å². The molecular weight excluding hydrogens is 281 g/mol. The predicted molar refractivity (Wildman–Crippen MR) is 70.2 cm³/mol. The molecule has 0 amide bonds. The van der Waals surface area contributed by atoms with Crippen molar-refractivity contribution in [2.45, 2.75) is 12.5 Å². The molecule has 1 aliphatic heterocycles. The fourth-order valence-electron chi connectivity index (χ4n) is 2.13. The molecule has 0 saturated carbocycles. The van der Waals surface area contributed by atoms with Crippen molar-refractivity contribution >= 4 is 33.0 Å². The molecule has 2 N–H and O–H groups in total. The highest BCUT2D eigenvalue weighted by Crippen LogP contribution is 2.34. The molecule has 0 radical (unpaired) electrons. The average Bonchev–Trinajstić information content (AvgIpc) is 2.61. The first-order chi connectivity index (χ1) is 7.89. The lowest BCUT2D eigenvalue weighted by molar-refractivity contribution is 0.480. The number of hydrogen-bond donors (Lipinski definition) is 1. The van der Waals surface area contributed by atoms with Crippen molar-refractivity contribution in [3.63, 3.8) is 0 Å². The van der Waals surface area contributed by atoms with Gasteiger partial charge in [0.1, 0.15) is 0 Å². The minimum atomic E-state index is -2.93. The van der Waals surface area contributed by atoms with Crippen LogP contribution in [0.1, 0.15) is 18.0 Å². The van der Waals surface area contributed by atoms with E-state index in [0.29, 0.717) is 16.5 Å². The van der Waals surface area contributed by atoms with Crippen molar-refractivity contribution < 1.29 is 8.42 Å². The van der Waals surface area contributed by atoms with Gasteiger partial charge in [0.05, 0.1) is 11.5 Å². The SMILES string of the molecule is NC(c1cc(Cl)ccc1Cl)C1CCS(=O)(=O)C1. The molecule has 0 bridgehead atoms. The Labute approximate surface area is 111 Å². The minimum Gasteiger partial charge on any atom is -0.324 e. The van der Waals surface area contributed by atoms with Crippen LogP contribution in [0.25, 0.3) is 0 Å². The first-order valence-electron chi connectivity index (χ1n) is 5.30. The number of hydrogen-bond acceptors (Lipinski definition) is 3. The molecule has 0 aliphatic carbocycles. The van der Waals surface area contributed by atoms with Crippen LogP contribution in [-0.2, 0) is 9.84 Å². The molecule has 2 atom stereocenters.